The van der Waals surface area contributed by atoms with Crippen LogP contribution in [0.1, 0.15) is 28.4 Å². The van der Waals surface area contributed by atoms with Crippen molar-refractivity contribution in [1.82, 2.24) is 5.43 Å². The minimum atomic E-state index is -4.55. The molecule has 0 unspecified atom stereocenters. The highest BCUT2D eigenvalue weighted by molar-refractivity contribution is 9.10. The number of amides is 1. The molecule has 0 fully saturated rings. The van der Waals surface area contributed by atoms with Crippen molar-refractivity contribution in [3.63, 3.8) is 0 Å². The maximum absolute atomic E-state index is 12.8. The van der Waals surface area contributed by atoms with Crippen molar-refractivity contribution in [2.45, 2.75) is 13.1 Å². The number of halogens is 4. The van der Waals surface area contributed by atoms with Gasteiger partial charge in [-0.2, -0.15) is 18.3 Å². The third kappa shape index (κ3) is 6.90. The Kier molecular flexibility index (Phi) is 7.77. The smallest absolute Gasteiger partial charge is 0.416 e. The predicted octanol–water partition coefficient (Wildman–Crippen LogP) is 4.17. The van der Waals surface area contributed by atoms with Crippen LogP contribution in [0.4, 0.5) is 13.2 Å². The molecule has 0 radical (unpaired) electrons. The number of hydrogen-bond donors (Lipinski definition) is 1. The number of nitrogens with zero attached hydrogens (tertiary/aromatic N) is 1. The second-order valence-electron chi connectivity index (χ2n) is 5.55. The van der Waals surface area contributed by atoms with Crippen molar-refractivity contribution in [3.05, 3.63) is 63.6 Å². The fourth-order valence-corrected chi connectivity index (χ4v) is 2.53. The number of alkyl halides is 3. The third-order valence-electron chi connectivity index (χ3n) is 3.44. The molecular weight excluding hydrogens is 457 g/mol. The van der Waals surface area contributed by atoms with Crippen LogP contribution in [0.3, 0.4) is 0 Å². The topological polar surface area (TPSA) is 77.0 Å². The molecule has 2 aromatic carbocycles. The molecule has 0 aliphatic carbocycles. The van der Waals surface area contributed by atoms with E-state index in [4.69, 9.17) is 9.47 Å². The zero-order valence-electron chi connectivity index (χ0n) is 15.1. The summed E-state index contributed by atoms with van der Waals surface area (Å²) in [4.78, 5) is 23.5. The number of ether oxygens (including phenoxy) is 2. The lowest BCUT2D eigenvalue weighted by atomic mass is 10.1. The molecule has 0 aliphatic rings. The first-order chi connectivity index (χ1) is 13.7. The van der Waals surface area contributed by atoms with Crippen LogP contribution in [0, 0.1) is 0 Å². The van der Waals surface area contributed by atoms with Crippen molar-refractivity contribution >= 4 is 34.0 Å². The number of benzene rings is 2. The van der Waals surface area contributed by atoms with Crippen LogP contribution in [0.5, 0.6) is 5.75 Å². The Morgan fingerprint density at radius 2 is 1.97 bits per heavy atom. The molecule has 0 aliphatic heterocycles. The number of rotatable bonds is 7. The lowest BCUT2D eigenvalue weighted by Gasteiger charge is -2.09. The monoisotopic (exact) mass is 472 g/mol. The van der Waals surface area contributed by atoms with E-state index in [9.17, 15) is 22.8 Å². The molecule has 1 amide bonds. The first-order valence-electron chi connectivity index (χ1n) is 8.29. The summed E-state index contributed by atoms with van der Waals surface area (Å²) in [5.41, 5.74) is 1.46. The highest BCUT2D eigenvalue weighted by atomic mass is 79.9. The number of hydrazone groups is 1. The summed E-state index contributed by atoms with van der Waals surface area (Å²) >= 11 is 3.28. The summed E-state index contributed by atoms with van der Waals surface area (Å²) in [6.07, 6.45) is -3.31. The molecule has 154 valence electrons. The first kappa shape index (κ1) is 22.4. The Labute approximate surface area is 172 Å². The zero-order valence-corrected chi connectivity index (χ0v) is 16.7. The van der Waals surface area contributed by atoms with Gasteiger partial charge in [0, 0.05) is 15.6 Å². The fraction of sp³-hybridized carbons (Fsp3) is 0.211. The molecule has 0 saturated carbocycles. The maximum Gasteiger partial charge on any atom is 0.416 e. The van der Waals surface area contributed by atoms with Crippen molar-refractivity contribution in [1.29, 1.82) is 0 Å². The highest BCUT2D eigenvalue weighted by Gasteiger charge is 2.30. The van der Waals surface area contributed by atoms with Gasteiger partial charge in [0.25, 0.3) is 5.91 Å². The normalized spacial score (nSPS) is 11.3. The Morgan fingerprint density at radius 1 is 1.21 bits per heavy atom. The maximum atomic E-state index is 12.8. The predicted molar refractivity (Wildman–Crippen MR) is 103 cm³/mol. The lowest BCUT2D eigenvalue weighted by molar-refractivity contribution is -0.145. The van der Waals surface area contributed by atoms with Gasteiger partial charge in [-0.1, -0.05) is 22.0 Å². The van der Waals surface area contributed by atoms with Crippen LogP contribution >= 0.6 is 15.9 Å². The number of esters is 1. The van der Waals surface area contributed by atoms with Gasteiger partial charge in [0.15, 0.2) is 6.61 Å². The summed E-state index contributed by atoms with van der Waals surface area (Å²) in [5.74, 6) is -1.05. The average molecular weight is 473 g/mol. The first-order valence-corrected chi connectivity index (χ1v) is 9.08. The summed E-state index contributed by atoms with van der Waals surface area (Å²) in [7, 11) is 0. The van der Waals surface area contributed by atoms with Gasteiger partial charge in [0.1, 0.15) is 5.75 Å². The quantitative estimate of drug-likeness (QED) is 0.372. The third-order valence-corrected chi connectivity index (χ3v) is 3.94. The van der Waals surface area contributed by atoms with Crippen molar-refractivity contribution in [2.75, 3.05) is 13.2 Å². The molecule has 29 heavy (non-hydrogen) atoms. The van der Waals surface area contributed by atoms with E-state index in [1.54, 1.807) is 25.1 Å². The second-order valence-corrected chi connectivity index (χ2v) is 6.47. The molecule has 0 aromatic heterocycles. The van der Waals surface area contributed by atoms with E-state index < -0.39 is 23.6 Å². The van der Waals surface area contributed by atoms with E-state index in [1.807, 2.05) is 0 Å². The molecular formula is C19H16BrF3N2O4. The van der Waals surface area contributed by atoms with E-state index >= 15 is 0 Å². The van der Waals surface area contributed by atoms with Gasteiger partial charge < -0.3 is 9.47 Å². The van der Waals surface area contributed by atoms with Gasteiger partial charge in [0.05, 0.1) is 18.4 Å². The second kappa shape index (κ2) is 10.1. The van der Waals surface area contributed by atoms with Gasteiger partial charge >= 0.3 is 12.1 Å². The van der Waals surface area contributed by atoms with Crippen molar-refractivity contribution < 1.29 is 32.2 Å². The van der Waals surface area contributed by atoms with E-state index in [1.165, 1.54) is 12.3 Å². The molecule has 2 rings (SSSR count). The Bertz CT molecular complexity index is 917. The van der Waals surface area contributed by atoms with Gasteiger partial charge in [-0.15, -0.1) is 0 Å². The van der Waals surface area contributed by atoms with Gasteiger partial charge in [-0.3, -0.25) is 4.79 Å². The van der Waals surface area contributed by atoms with E-state index in [0.29, 0.717) is 15.8 Å². The van der Waals surface area contributed by atoms with E-state index in [-0.39, 0.29) is 18.8 Å². The van der Waals surface area contributed by atoms with Crippen LogP contribution in [-0.4, -0.2) is 31.3 Å². The summed E-state index contributed by atoms with van der Waals surface area (Å²) in [5, 5.41) is 3.75. The number of nitrogens with one attached hydrogen (secondary N) is 1. The zero-order chi connectivity index (χ0) is 21.4. The van der Waals surface area contributed by atoms with Gasteiger partial charge in [0.2, 0.25) is 0 Å². The highest BCUT2D eigenvalue weighted by Crippen LogP contribution is 2.29. The van der Waals surface area contributed by atoms with Crippen LogP contribution < -0.4 is 10.2 Å². The van der Waals surface area contributed by atoms with Crippen molar-refractivity contribution in [2.24, 2.45) is 5.10 Å². The van der Waals surface area contributed by atoms with Crippen LogP contribution in [0.15, 0.2) is 52.0 Å². The van der Waals surface area contributed by atoms with Gasteiger partial charge in [-0.05, 0) is 43.3 Å². The average Bonchev–Trinajstić information content (AvgIpc) is 2.67. The summed E-state index contributed by atoms with van der Waals surface area (Å²) in [6, 6.07) is 8.87. The molecule has 0 saturated heterocycles. The van der Waals surface area contributed by atoms with Crippen molar-refractivity contribution in [3.8, 4) is 5.75 Å². The number of carbonyl (C=O) groups excluding carboxylic acids is 2. The number of carbonyl (C=O) groups is 2. The number of hydrogen-bond acceptors (Lipinski definition) is 5. The molecule has 1 N–H and O–H groups in total. The lowest BCUT2D eigenvalue weighted by Crippen LogP contribution is -2.19. The molecule has 0 spiro atoms. The van der Waals surface area contributed by atoms with Crippen LogP contribution in [-0.2, 0) is 15.7 Å². The molecule has 0 heterocycles. The Morgan fingerprint density at radius 3 is 2.66 bits per heavy atom. The van der Waals surface area contributed by atoms with Crippen LogP contribution in [0.25, 0.3) is 0 Å². The molecule has 6 nitrogen and oxygen atoms in total. The largest absolute Gasteiger partial charge is 0.481 e. The molecule has 10 heteroatoms. The minimum absolute atomic E-state index is 0.190. The minimum Gasteiger partial charge on any atom is -0.481 e. The van der Waals surface area contributed by atoms with E-state index in [0.717, 1.165) is 18.2 Å². The fourth-order valence-electron chi connectivity index (χ4n) is 2.15. The molecule has 0 bridgehead atoms. The summed E-state index contributed by atoms with van der Waals surface area (Å²) < 4.78 is 49.1. The van der Waals surface area contributed by atoms with Crippen LogP contribution in [0.2, 0.25) is 0 Å². The summed E-state index contributed by atoms with van der Waals surface area (Å²) in [6.45, 7) is 1.58. The van der Waals surface area contributed by atoms with E-state index in [2.05, 4.69) is 26.5 Å². The Hall–Kier alpha value is -2.88. The standard InChI is InChI=1S/C19H16BrF3N2O4/c1-2-28-17(26)11-29-16-7-6-15(20)9-13(16)10-24-25-18(27)12-4-3-5-14(8-12)19(21,22)23/h3-10H,2,11H2,1H3,(H,25,27)/b24-10-. The molecule has 2 aromatic rings. The Balaban J connectivity index is 2.09. The molecule has 0 atom stereocenters. The SMILES string of the molecule is CCOC(=O)COc1ccc(Br)cc1/C=N\NC(=O)c1cccc(C(F)(F)F)c1. The van der Waals surface area contributed by atoms with Gasteiger partial charge in [-0.25, -0.2) is 10.2 Å².